The quantitative estimate of drug-likeness (QED) is 0.664. The minimum Gasteiger partial charge on any atom is -0.487 e. The average Bonchev–Trinajstić information content (AvgIpc) is 2.31. The molecule has 1 aromatic carbocycles. The molecule has 0 saturated heterocycles. The van der Waals surface area contributed by atoms with E-state index in [0.717, 1.165) is 18.6 Å². The summed E-state index contributed by atoms with van der Waals surface area (Å²) in [5, 5.41) is 0. The maximum Gasteiger partial charge on any atom is 0.120 e. The Hall–Kier alpha value is -0.400. The van der Waals surface area contributed by atoms with Gasteiger partial charge in [-0.15, -0.1) is 23.2 Å². The molecular formula is C13H17Cl2O. The number of hydrogen-bond acceptors (Lipinski definition) is 1. The van der Waals surface area contributed by atoms with Crippen LogP contribution in [-0.2, 0) is 0 Å². The van der Waals surface area contributed by atoms with Gasteiger partial charge < -0.3 is 4.74 Å². The minimum absolute atomic E-state index is 0.329. The number of benzene rings is 1. The third-order valence-corrected chi connectivity index (χ3v) is 3.01. The van der Waals surface area contributed by atoms with E-state index in [9.17, 15) is 0 Å². The van der Waals surface area contributed by atoms with Gasteiger partial charge in [0.05, 0.1) is 0 Å². The van der Waals surface area contributed by atoms with E-state index in [0.29, 0.717) is 18.2 Å². The van der Waals surface area contributed by atoms with Gasteiger partial charge in [0.2, 0.25) is 0 Å². The largest absolute Gasteiger partial charge is 0.487 e. The van der Waals surface area contributed by atoms with Gasteiger partial charge in [-0.25, -0.2) is 0 Å². The lowest BCUT2D eigenvalue weighted by Crippen LogP contribution is -2.36. The van der Waals surface area contributed by atoms with E-state index in [4.69, 9.17) is 27.9 Å². The van der Waals surface area contributed by atoms with Crippen LogP contribution >= 0.6 is 23.2 Å². The van der Waals surface area contributed by atoms with Crippen molar-refractivity contribution in [2.75, 3.05) is 11.8 Å². The van der Waals surface area contributed by atoms with Crippen LogP contribution in [0, 0.1) is 6.92 Å². The van der Waals surface area contributed by atoms with Crippen molar-refractivity contribution in [2.45, 2.75) is 24.9 Å². The Morgan fingerprint density at radius 2 is 1.62 bits per heavy atom. The van der Waals surface area contributed by atoms with E-state index in [-0.39, 0.29) is 5.60 Å². The molecule has 0 aliphatic heterocycles. The van der Waals surface area contributed by atoms with Gasteiger partial charge in [0.25, 0.3) is 0 Å². The SMILES string of the molecule is [CH2]CC(CCCl)(CCCl)Oc1ccccc1. The number of hydrogen-bond donors (Lipinski definition) is 0. The van der Waals surface area contributed by atoms with Gasteiger partial charge in [0.15, 0.2) is 0 Å². The van der Waals surface area contributed by atoms with Crippen LogP contribution in [0.1, 0.15) is 19.3 Å². The van der Waals surface area contributed by atoms with Crippen LogP contribution in [0.5, 0.6) is 5.75 Å². The zero-order valence-corrected chi connectivity index (χ0v) is 10.8. The van der Waals surface area contributed by atoms with Crippen LogP contribution in [0.4, 0.5) is 0 Å². The molecule has 16 heavy (non-hydrogen) atoms. The maximum atomic E-state index is 6.00. The molecular weight excluding hydrogens is 243 g/mol. The fourth-order valence-corrected chi connectivity index (χ4v) is 2.30. The van der Waals surface area contributed by atoms with Crippen molar-refractivity contribution in [1.82, 2.24) is 0 Å². The van der Waals surface area contributed by atoms with E-state index in [1.165, 1.54) is 0 Å². The zero-order chi connectivity index (χ0) is 11.9. The molecule has 0 aliphatic rings. The van der Waals surface area contributed by atoms with E-state index < -0.39 is 0 Å². The summed E-state index contributed by atoms with van der Waals surface area (Å²) in [6.45, 7) is 3.95. The normalized spacial score (nSPS) is 11.4. The maximum absolute atomic E-state index is 6.00. The number of alkyl halides is 2. The van der Waals surface area contributed by atoms with Gasteiger partial charge in [-0.1, -0.05) is 18.2 Å². The molecule has 3 heteroatoms. The van der Waals surface area contributed by atoms with Crippen LogP contribution in [0.25, 0.3) is 0 Å². The lowest BCUT2D eigenvalue weighted by atomic mass is 9.93. The Morgan fingerprint density at radius 3 is 2.06 bits per heavy atom. The number of halogens is 2. The van der Waals surface area contributed by atoms with E-state index >= 15 is 0 Å². The van der Waals surface area contributed by atoms with Crippen molar-refractivity contribution in [2.24, 2.45) is 0 Å². The first-order chi connectivity index (χ1) is 7.76. The van der Waals surface area contributed by atoms with Crippen LogP contribution in [-0.4, -0.2) is 17.4 Å². The fraction of sp³-hybridized carbons (Fsp3) is 0.462. The van der Waals surface area contributed by atoms with Gasteiger partial charge in [-0.2, -0.15) is 0 Å². The summed E-state index contributed by atoms with van der Waals surface area (Å²) in [6.07, 6.45) is 2.20. The molecule has 0 fully saturated rings. The molecule has 0 N–H and O–H groups in total. The molecule has 0 amide bonds. The van der Waals surface area contributed by atoms with E-state index in [1.807, 2.05) is 30.3 Å². The van der Waals surface area contributed by atoms with E-state index in [1.54, 1.807) is 0 Å². The molecule has 0 aromatic heterocycles. The molecule has 0 heterocycles. The Morgan fingerprint density at radius 1 is 1.06 bits per heavy atom. The second-order valence-electron chi connectivity index (χ2n) is 3.73. The summed E-state index contributed by atoms with van der Waals surface area (Å²) in [4.78, 5) is 0. The summed E-state index contributed by atoms with van der Waals surface area (Å²) < 4.78 is 6.00. The lowest BCUT2D eigenvalue weighted by Gasteiger charge is -2.32. The van der Waals surface area contributed by atoms with Gasteiger partial charge in [0, 0.05) is 24.6 Å². The third kappa shape index (κ3) is 3.88. The van der Waals surface area contributed by atoms with Crippen molar-refractivity contribution in [3.05, 3.63) is 37.3 Å². The fourth-order valence-electron chi connectivity index (χ4n) is 1.61. The summed E-state index contributed by atoms with van der Waals surface area (Å²) in [5.41, 5.74) is -0.329. The molecule has 0 aliphatic carbocycles. The molecule has 0 atom stereocenters. The van der Waals surface area contributed by atoms with Crippen molar-refractivity contribution >= 4 is 23.2 Å². The Labute approximate surface area is 108 Å². The highest BCUT2D eigenvalue weighted by molar-refractivity contribution is 6.18. The minimum atomic E-state index is -0.329. The van der Waals surface area contributed by atoms with Gasteiger partial charge in [-0.3, -0.25) is 0 Å². The monoisotopic (exact) mass is 259 g/mol. The van der Waals surface area contributed by atoms with E-state index in [2.05, 4.69) is 6.92 Å². The molecule has 1 nitrogen and oxygen atoms in total. The molecule has 1 radical (unpaired) electrons. The van der Waals surface area contributed by atoms with Crippen molar-refractivity contribution in [3.8, 4) is 5.75 Å². The average molecular weight is 260 g/mol. The second-order valence-corrected chi connectivity index (χ2v) is 4.48. The summed E-state index contributed by atoms with van der Waals surface area (Å²) in [7, 11) is 0. The Balaban J connectivity index is 2.76. The second kappa shape index (κ2) is 7.03. The summed E-state index contributed by atoms with van der Waals surface area (Å²) in [6, 6.07) is 9.73. The highest BCUT2D eigenvalue weighted by Gasteiger charge is 2.29. The lowest BCUT2D eigenvalue weighted by molar-refractivity contribution is 0.0643. The predicted molar refractivity (Wildman–Crippen MR) is 70.4 cm³/mol. The molecule has 0 spiro atoms. The summed E-state index contributed by atoms with van der Waals surface area (Å²) in [5.74, 6) is 1.96. The van der Waals surface area contributed by atoms with Gasteiger partial charge >= 0.3 is 0 Å². The molecule has 1 aromatic rings. The number of ether oxygens (including phenoxy) is 1. The molecule has 0 unspecified atom stereocenters. The predicted octanol–water partition coefficient (Wildman–Crippen LogP) is 4.29. The number of para-hydroxylation sites is 1. The first kappa shape index (κ1) is 13.7. The van der Waals surface area contributed by atoms with Gasteiger partial charge in [-0.05, 0) is 25.5 Å². The Kier molecular flexibility index (Phi) is 6.00. The molecule has 89 valence electrons. The topological polar surface area (TPSA) is 9.23 Å². The van der Waals surface area contributed by atoms with Crippen molar-refractivity contribution < 1.29 is 4.74 Å². The molecule has 0 saturated carbocycles. The number of rotatable bonds is 7. The van der Waals surface area contributed by atoms with Crippen LogP contribution in [0.2, 0.25) is 0 Å². The highest BCUT2D eigenvalue weighted by atomic mass is 35.5. The zero-order valence-electron chi connectivity index (χ0n) is 9.29. The summed E-state index contributed by atoms with van der Waals surface area (Å²) >= 11 is 11.6. The molecule has 0 bridgehead atoms. The molecule has 1 rings (SSSR count). The third-order valence-electron chi connectivity index (χ3n) is 2.63. The first-order valence-electron chi connectivity index (χ1n) is 5.41. The first-order valence-corrected chi connectivity index (χ1v) is 6.48. The van der Waals surface area contributed by atoms with Crippen LogP contribution in [0.3, 0.4) is 0 Å². The smallest absolute Gasteiger partial charge is 0.120 e. The standard InChI is InChI=1S/C13H17Cl2O/c1-2-13(8-10-14,9-11-15)16-12-6-4-3-5-7-12/h3-7H,1-2,8-11H2. The van der Waals surface area contributed by atoms with Crippen LogP contribution in [0.15, 0.2) is 30.3 Å². The highest BCUT2D eigenvalue weighted by Crippen LogP contribution is 2.28. The Bertz CT molecular complexity index is 281. The van der Waals surface area contributed by atoms with Crippen LogP contribution < -0.4 is 4.74 Å². The van der Waals surface area contributed by atoms with Crippen molar-refractivity contribution in [1.29, 1.82) is 0 Å². The van der Waals surface area contributed by atoms with Gasteiger partial charge in [0.1, 0.15) is 11.4 Å². The van der Waals surface area contributed by atoms with Crippen molar-refractivity contribution in [3.63, 3.8) is 0 Å².